The first-order valence-electron chi connectivity index (χ1n) is 4.85. The third kappa shape index (κ3) is 2.77. The van der Waals surface area contributed by atoms with Crippen LogP contribution in [0, 0.1) is 0 Å². The van der Waals surface area contributed by atoms with Crippen molar-refractivity contribution in [3.8, 4) is 0 Å². The van der Waals surface area contributed by atoms with Crippen molar-refractivity contribution >= 4 is 37.5 Å². The first kappa shape index (κ1) is 11.0. The third-order valence-corrected chi connectivity index (χ3v) is 3.74. The summed E-state index contributed by atoms with van der Waals surface area (Å²) in [4.78, 5) is 6.78. The van der Waals surface area contributed by atoms with Gasteiger partial charge in [-0.15, -0.1) is 11.3 Å². The van der Waals surface area contributed by atoms with Gasteiger partial charge in [0, 0.05) is 17.4 Å². The van der Waals surface area contributed by atoms with Crippen LogP contribution in [0.15, 0.2) is 22.7 Å². The Balaban J connectivity index is 2.23. The molecule has 2 aromatic rings. The fourth-order valence-corrected chi connectivity index (χ4v) is 2.88. The van der Waals surface area contributed by atoms with E-state index in [1.54, 1.807) is 11.3 Å². The van der Waals surface area contributed by atoms with Crippen molar-refractivity contribution in [3.63, 3.8) is 0 Å². The molecule has 2 rings (SSSR count). The molecular weight excluding hydrogens is 272 g/mol. The van der Waals surface area contributed by atoms with Gasteiger partial charge < -0.3 is 4.90 Å². The first-order chi connectivity index (χ1) is 7.15. The molecule has 0 amide bonds. The van der Waals surface area contributed by atoms with Gasteiger partial charge >= 0.3 is 0 Å². The second-order valence-electron chi connectivity index (χ2n) is 3.77. The summed E-state index contributed by atoms with van der Waals surface area (Å²) in [6.45, 7) is 1.06. The number of benzene rings is 1. The Morgan fingerprint density at radius 2 is 2.20 bits per heavy atom. The molecule has 1 aromatic heterocycles. The molecule has 0 N–H and O–H groups in total. The van der Waals surface area contributed by atoms with Crippen LogP contribution >= 0.6 is 27.3 Å². The fourth-order valence-electron chi connectivity index (χ4n) is 1.37. The van der Waals surface area contributed by atoms with Crippen molar-refractivity contribution in [1.29, 1.82) is 0 Å². The third-order valence-electron chi connectivity index (χ3n) is 2.17. The van der Waals surface area contributed by atoms with Crippen LogP contribution in [-0.2, 0) is 6.42 Å². The summed E-state index contributed by atoms with van der Waals surface area (Å²) in [5, 5.41) is 1.22. The van der Waals surface area contributed by atoms with Crippen LogP contribution in [0.4, 0.5) is 0 Å². The van der Waals surface area contributed by atoms with Gasteiger partial charge in [-0.25, -0.2) is 4.98 Å². The molecule has 2 nitrogen and oxygen atoms in total. The van der Waals surface area contributed by atoms with Gasteiger partial charge in [0.05, 0.1) is 15.2 Å². The minimum absolute atomic E-state index is 1.03. The standard InChI is InChI=1S/C11H13BrN2S/c1-14(2)6-5-11-13-9-4-3-8(12)7-10(9)15-11/h3-4,7H,5-6H2,1-2H3. The second-order valence-corrected chi connectivity index (χ2v) is 5.80. The molecule has 0 saturated carbocycles. The van der Waals surface area contributed by atoms with Crippen LogP contribution in [-0.4, -0.2) is 30.5 Å². The molecule has 80 valence electrons. The smallest absolute Gasteiger partial charge is 0.0951 e. The Morgan fingerprint density at radius 3 is 2.93 bits per heavy atom. The SMILES string of the molecule is CN(C)CCc1nc2ccc(Br)cc2s1. The highest BCUT2D eigenvalue weighted by Gasteiger charge is 2.04. The van der Waals surface area contributed by atoms with Gasteiger partial charge in [0.1, 0.15) is 0 Å². The molecule has 0 spiro atoms. The minimum Gasteiger partial charge on any atom is -0.309 e. The summed E-state index contributed by atoms with van der Waals surface area (Å²) < 4.78 is 2.39. The number of halogens is 1. The molecule has 0 fully saturated rings. The number of aromatic nitrogens is 1. The van der Waals surface area contributed by atoms with Gasteiger partial charge in [-0.3, -0.25) is 0 Å². The average molecular weight is 285 g/mol. The molecule has 0 bridgehead atoms. The monoisotopic (exact) mass is 284 g/mol. The normalized spacial score (nSPS) is 11.5. The molecular formula is C11H13BrN2S. The lowest BCUT2D eigenvalue weighted by Gasteiger charge is -2.06. The van der Waals surface area contributed by atoms with Crippen LogP contribution in [0.2, 0.25) is 0 Å². The molecule has 0 saturated heterocycles. The van der Waals surface area contributed by atoms with E-state index in [-0.39, 0.29) is 0 Å². The van der Waals surface area contributed by atoms with Crippen molar-refractivity contribution in [1.82, 2.24) is 9.88 Å². The summed E-state index contributed by atoms with van der Waals surface area (Å²) in [6, 6.07) is 6.24. The van der Waals surface area contributed by atoms with E-state index in [1.807, 2.05) is 6.07 Å². The lowest BCUT2D eigenvalue weighted by Crippen LogP contribution is -2.14. The number of nitrogens with zero attached hydrogens (tertiary/aromatic N) is 2. The fraction of sp³-hybridized carbons (Fsp3) is 0.364. The van der Waals surface area contributed by atoms with E-state index in [9.17, 15) is 0 Å². The van der Waals surface area contributed by atoms with Crippen LogP contribution < -0.4 is 0 Å². The van der Waals surface area contributed by atoms with Gasteiger partial charge in [-0.1, -0.05) is 15.9 Å². The molecule has 0 radical (unpaired) electrons. The molecule has 0 atom stereocenters. The number of likely N-dealkylation sites (N-methyl/N-ethyl adjacent to an activating group) is 1. The van der Waals surface area contributed by atoms with E-state index >= 15 is 0 Å². The van der Waals surface area contributed by atoms with Crippen molar-refractivity contribution < 1.29 is 0 Å². The quantitative estimate of drug-likeness (QED) is 0.861. The van der Waals surface area contributed by atoms with E-state index in [0.29, 0.717) is 0 Å². The highest BCUT2D eigenvalue weighted by atomic mass is 79.9. The summed E-state index contributed by atoms with van der Waals surface area (Å²) in [5.74, 6) is 0. The Morgan fingerprint density at radius 1 is 1.40 bits per heavy atom. The zero-order chi connectivity index (χ0) is 10.8. The van der Waals surface area contributed by atoms with Crippen molar-refractivity contribution in [2.75, 3.05) is 20.6 Å². The largest absolute Gasteiger partial charge is 0.309 e. The lowest BCUT2D eigenvalue weighted by atomic mass is 10.3. The van der Waals surface area contributed by atoms with Gasteiger partial charge in [-0.05, 0) is 32.3 Å². The van der Waals surface area contributed by atoms with E-state index in [4.69, 9.17) is 0 Å². The highest BCUT2D eigenvalue weighted by Crippen LogP contribution is 2.25. The maximum Gasteiger partial charge on any atom is 0.0951 e. The van der Waals surface area contributed by atoms with Crippen molar-refractivity contribution in [3.05, 3.63) is 27.7 Å². The van der Waals surface area contributed by atoms with E-state index in [2.05, 4.69) is 52.0 Å². The van der Waals surface area contributed by atoms with Crippen LogP contribution in [0.3, 0.4) is 0 Å². The van der Waals surface area contributed by atoms with Crippen molar-refractivity contribution in [2.24, 2.45) is 0 Å². The molecule has 4 heteroatoms. The molecule has 0 aliphatic heterocycles. The number of fused-ring (bicyclic) bond motifs is 1. The molecule has 1 aromatic carbocycles. The summed E-state index contributed by atoms with van der Waals surface area (Å²) >= 11 is 5.26. The minimum atomic E-state index is 1.03. The predicted molar refractivity (Wildman–Crippen MR) is 69.6 cm³/mol. The Hall–Kier alpha value is -0.450. The molecule has 0 aliphatic carbocycles. The molecule has 1 heterocycles. The molecule has 0 unspecified atom stereocenters. The van der Waals surface area contributed by atoms with Gasteiger partial charge in [-0.2, -0.15) is 0 Å². The average Bonchev–Trinajstić information content (AvgIpc) is 2.56. The van der Waals surface area contributed by atoms with Crippen molar-refractivity contribution in [2.45, 2.75) is 6.42 Å². The zero-order valence-electron chi connectivity index (χ0n) is 8.83. The summed E-state index contributed by atoms with van der Waals surface area (Å²) in [6.07, 6.45) is 1.03. The van der Waals surface area contributed by atoms with Crippen LogP contribution in [0.5, 0.6) is 0 Å². The van der Waals surface area contributed by atoms with Gasteiger partial charge in [0.25, 0.3) is 0 Å². The van der Waals surface area contributed by atoms with E-state index in [0.717, 1.165) is 23.0 Å². The topological polar surface area (TPSA) is 16.1 Å². The number of hydrogen-bond acceptors (Lipinski definition) is 3. The van der Waals surface area contributed by atoms with Gasteiger partial charge in [0.15, 0.2) is 0 Å². The van der Waals surface area contributed by atoms with Crippen LogP contribution in [0.1, 0.15) is 5.01 Å². The summed E-state index contributed by atoms with van der Waals surface area (Å²) in [7, 11) is 4.17. The number of rotatable bonds is 3. The zero-order valence-corrected chi connectivity index (χ0v) is 11.2. The summed E-state index contributed by atoms with van der Waals surface area (Å²) in [5.41, 5.74) is 1.11. The molecule has 0 aliphatic rings. The number of hydrogen-bond donors (Lipinski definition) is 0. The van der Waals surface area contributed by atoms with E-state index in [1.165, 1.54) is 9.71 Å². The number of thiazole rings is 1. The Kier molecular flexibility index (Phi) is 3.38. The van der Waals surface area contributed by atoms with E-state index < -0.39 is 0 Å². The second kappa shape index (κ2) is 4.60. The maximum absolute atomic E-state index is 4.60. The van der Waals surface area contributed by atoms with Gasteiger partial charge in [0.2, 0.25) is 0 Å². The Bertz CT molecular complexity index is 465. The maximum atomic E-state index is 4.60. The Labute approximate surface area is 102 Å². The predicted octanol–water partition coefficient (Wildman–Crippen LogP) is 3.16. The molecule has 15 heavy (non-hydrogen) atoms. The lowest BCUT2D eigenvalue weighted by molar-refractivity contribution is 0.413. The first-order valence-corrected chi connectivity index (χ1v) is 6.46. The van der Waals surface area contributed by atoms with Crippen LogP contribution in [0.25, 0.3) is 10.2 Å². The highest BCUT2D eigenvalue weighted by molar-refractivity contribution is 9.10.